The Hall–Kier alpha value is -1.88. The lowest BCUT2D eigenvalue weighted by Gasteiger charge is -2.19. The molecule has 0 bridgehead atoms. The number of hydrogen-bond acceptors (Lipinski definition) is 3. The maximum absolute atomic E-state index is 12.2. The number of carbonyl (C=O) groups excluding carboxylic acids is 1. The van der Waals surface area contributed by atoms with Gasteiger partial charge in [-0.25, -0.2) is 4.79 Å². The number of ether oxygens (including phenoxy) is 1. The molecule has 0 aromatic heterocycles. The molecule has 1 saturated heterocycles. The van der Waals surface area contributed by atoms with E-state index in [0.717, 1.165) is 6.42 Å². The summed E-state index contributed by atoms with van der Waals surface area (Å²) < 4.78 is 5.68. The van der Waals surface area contributed by atoms with Crippen LogP contribution >= 0.6 is 0 Å². The lowest BCUT2D eigenvalue weighted by molar-refractivity contribution is 0.0696. The zero-order chi connectivity index (χ0) is 14.1. The maximum atomic E-state index is 12.2. The number of benzene rings is 1. The van der Waals surface area contributed by atoms with Crippen LogP contribution in [0.5, 0.6) is 0 Å². The van der Waals surface area contributed by atoms with Crippen molar-refractivity contribution in [3.8, 4) is 0 Å². The first-order valence-corrected chi connectivity index (χ1v) is 6.91. The van der Waals surface area contributed by atoms with Crippen LogP contribution < -0.4 is 5.32 Å². The first-order chi connectivity index (χ1) is 9.65. The number of carboxylic acid groups (broad SMARTS) is 1. The number of amides is 1. The Morgan fingerprint density at radius 2 is 1.95 bits per heavy atom. The van der Waals surface area contributed by atoms with Crippen molar-refractivity contribution in [1.82, 2.24) is 5.32 Å². The highest BCUT2D eigenvalue weighted by Gasteiger charge is 2.41. The van der Waals surface area contributed by atoms with E-state index >= 15 is 0 Å². The lowest BCUT2D eigenvalue weighted by Crippen LogP contribution is -2.41. The van der Waals surface area contributed by atoms with Crippen molar-refractivity contribution in [2.75, 3.05) is 6.61 Å². The zero-order valence-corrected chi connectivity index (χ0v) is 11.0. The Morgan fingerprint density at radius 3 is 2.65 bits per heavy atom. The van der Waals surface area contributed by atoms with Gasteiger partial charge in [-0.3, -0.25) is 4.79 Å². The van der Waals surface area contributed by atoms with E-state index in [4.69, 9.17) is 9.84 Å². The van der Waals surface area contributed by atoms with Gasteiger partial charge in [-0.15, -0.1) is 0 Å². The van der Waals surface area contributed by atoms with Crippen LogP contribution in [0.15, 0.2) is 24.3 Å². The van der Waals surface area contributed by atoms with Gasteiger partial charge in [0, 0.05) is 12.2 Å². The molecule has 2 fully saturated rings. The van der Waals surface area contributed by atoms with Crippen LogP contribution in [0.25, 0.3) is 0 Å². The Bertz CT molecular complexity index is 538. The fourth-order valence-corrected chi connectivity index (χ4v) is 2.70. The number of aromatic carboxylic acids is 1. The molecule has 1 aromatic rings. The van der Waals surface area contributed by atoms with Crippen LogP contribution in [0.3, 0.4) is 0 Å². The first kappa shape index (κ1) is 13.1. The number of hydrogen-bond donors (Lipinski definition) is 2. The van der Waals surface area contributed by atoms with Gasteiger partial charge < -0.3 is 15.2 Å². The van der Waals surface area contributed by atoms with Crippen molar-refractivity contribution in [2.45, 2.75) is 31.4 Å². The molecule has 5 nitrogen and oxygen atoms in total. The second-order valence-electron chi connectivity index (χ2n) is 5.43. The van der Waals surface area contributed by atoms with Crippen LogP contribution in [0, 0.1) is 5.92 Å². The van der Waals surface area contributed by atoms with E-state index in [1.54, 1.807) is 12.1 Å². The highest BCUT2D eigenvalue weighted by atomic mass is 16.5. The molecule has 2 unspecified atom stereocenters. The van der Waals surface area contributed by atoms with Crippen LogP contribution in [-0.2, 0) is 4.74 Å². The quantitative estimate of drug-likeness (QED) is 0.876. The normalized spacial score (nSPS) is 25.4. The molecule has 5 heteroatoms. The molecule has 0 spiro atoms. The fraction of sp³-hybridized carbons (Fsp3) is 0.467. The highest BCUT2D eigenvalue weighted by molar-refractivity contribution is 5.97. The summed E-state index contributed by atoms with van der Waals surface area (Å²) >= 11 is 0. The summed E-state index contributed by atoms with van der Waals surface area (Å²) in [6.45, 7) is 0.682. The summed E-state index contributed by atoms with van der Waals surface area (Å²) in [6.07, 6.45) is 3.30. The molecule has 2 aliphatic rings. The van der Waals surface area contributed by atoms with Crippen LogP contribution in [0.4, 0.5) is 0 Å². The van der Waals surface area contributed by atoms with Gasteiger partial charge in [-0.05, 0) is 43.4 Å². The molecule has 1 saturated carbocycles. The molecular weight excluding hydrogens is 258 g/mol. The fourth-order valence-electron chi connectivity index (χ4n) is 2.70. The molecule has 1 aliphatic carbocycles. The van der Waals surface area contributed by atoms with E-state index in [1.807, 2.05) is 0 Å². The van der Waals surface area contributed by atoms with E-state index in [2.05, 4.69) is 5.32 Å². The topological polar surface area (TPSA) is 75.6 Å². The standard InChI is InChI=1S/C15H17NO4/c17-14(10-2-1-3-11(8-10)15(18)19)16-12-6-7-20-13(12)9-4-5-9/h1-3,8-9,12-13H,4-7H2,(H,16,17)(H,18,19). The molecule has 2 N–H and O–H groups in total. The van der Waals surface area contributed by atoms with Gasteiger partial charge in [-0.1, -0.05) is 6.07 Å². The van der Waals surface area contributed by atoms with E-state index < -0.39 is 5.97 Å². The second kappa shape index (κ2) is 5.25. The Kier molecular flexibility index (Phi) is 3.44. The predicted molar refractivity (Wildman–Crippen MR) is 71.7 cm³/mol. The molecule has 1 amide bonds. The summed E-state index contributed by atoms with van der Waals surface area (Å²) in [4.78, 5) is 23.1. The summed E-state index contributed by atoms with van der Waals surface area (Å²) in [5, 5.41) is 11.9. The summed E-state index contributed by atoms with van der Waals surface area (Å²) in [6, 6.07) is 6.14. The van der Waals surface area contributed by atoms with E-state index in [0.29, 0.717) is 18.1 Å². The third kappa shape index (κ3) is 2.67. The van der Waals surface area contributed by atoms with Crippen LogP contribution in [0.1, 0.15) is 40.0 Å². The molecular formula is C15H17NO4. The average molecular weight is 275 g/mol. The second-order valence-corrected chi connectivity index (χ2v) is 5.43. The number of nitrogens with one attached hydrogen (secondary N) is 1. The van der Waals surface area contributed by atoms with Crippen molar-refractivity contribution in [2.24, 2.45) is 5.92 Å². The Labute approximate surface area is 116 Å². The molecule has 106 valence electrons. The Balaban J connectivity index is 1.69. The highest BCUT2D eigenvalue weighted by Crippen LogP contribution is 2.38. The van der Waals surface area contributed by atoms with Gasteiger partial charge in [0.25, 0.3) is 5.91 Å². The van der Waals surface area contributed by atoms with Crippen molar-refractivity contribution >= 4 is 11.9 Å². The largest absolute Gasteiger partial charge is 0.478 e. The van der Waals surface area contributed by atoms with Gasteiger partial charge >= 0.3 is 5.97 Å². The monoisotopic (exact) mass is 275 g/mol. The molecule has 1 aromatic carbocycles. The number of rotatable bonds is 4. The van der Waals surface area contributed by atoms with Gasteiger partial charge in [0.15, 0.2) is 0 Å². The van der Waals surface area contributed by atoms with Gasteiger partial charge in [-0.2, -0.15) is 0 Å². The summed E-state index contributed by atoms with van der Waals surface area (Å²) in [5.41, 5.74) is 0.505. The first-order valence-electron chi connectivity index (χ1n) is 6.91. The van der Waals surface area contributed by atoms with Crippen molar-refractivity contribution in [1.29, 1.82) is 0 Å². The molecule has 1 heterocycles. The minimum Gasteiger partial charge on any atom is -0.478 e. The summed E-state index contributed by atoms with van der Waals surface area (Å²) in [5.74, 6) is -0.679. The average Bonchev–Trinajstić information content (AvgIpc) is 3.19. The van der Waals surface area contributed by atoms with E-state index in [1.165, 1.54) is 25.0 Å². The van der Waals surface area contributed by atoms with E-state index in [9.17, 15) is 9.59 Å². The minimum atomic E-state index is -1.03. The minimum absolute atomic E-state index is 0.0449. The predicted octanol–water partition coefficient (Wildman–Crippen LogP) is 1.68. The van der Waals surface area contributed by atoms with Crippen molar-refractivity contribution in [3.63, 3.8) is 0 Å². The maximum Gasteiger partial charge on any atom is 0.335 e. The van der Waals surface area contributed by atoms with Crippen LogP contribution in [-0.4, -0.2) is 35.7 Å². The molecule has 1 aliphatic heterocycles. The molecule has 0 radical (unpaired) electrons. The van der Waals surface area contributed by atoms with Crippen LogP contribution in [0.2, 0.25) is 0 Å². The SMILES string of the molecule is O=C(O)c1cccc(C(=O)NC2CCOC2C2CC2)c1. The van der Waals surface area contributed by atoms with Crippen molar-refractivity contribution in [3.05, 3.63) is 35.4 Å². The molecule has 3 rings (SSSR count). The Morgan fingerprint density at radius 1 is 1.20 bits per heavy atom. The number of carbonyl (C=O) groups is 2. The third-order valence-corrected chi connectivity index (χ3v) is 3.91. The smallest absolute Gasteiger partial charge is 0.335 e. The number of carboxylic acids is 1. The zero-order valence-electron chi connectivity index (χ0n) is 11.0. The van der Waals surface area contributed by atoms with E-state index in [-0.39, 0.29) is 23.6 Å². The van der Waals surface area contributed by atoms with Crippen molar-refractivity contribution < 1.29 is 19.4 Å². The third-order valence-electron chi connectivity index (χ3n) is 3.91. The van der Waals surface area contributed by atoms with Gasteiger partial charge in [0.1, 0.15) is 0 Å². The van der Waals surface area contributed by atoms with Gasteiger partial charge in [0.05, 0.1) is 17.7 Å². The van der Waals surface area contributed by atoms with Gasteiger partial charge in [0.2, 0.25) is 0 Å². The lowest BCUT2D eigenvalue weighted by atomic mass is 10.0. The molecule has 2 atom stereocenters. The summed E-state index contributed by atoms with van der Waals surface area (Å²) in [7, 11) is 0. The molecule has 20 heavy (non-hydrogen) atoms.